The Morgan fingerprint density at radius 2 is 2.15 bits per heavy atom. The molecule has 1 fully saturated rings. The summed E-state index contributed by atoms with van der Waals surface area (Å²) in [5.41, 5.74) is 3.76. The van der Waals surface area contributed by atoms with E-state index in [2.05, 4.69) is 36.1 Å². The second-order valence-corrected chi connectivity index (χ2v) is 6.07. The maximum absolute atomic E-state index is 5.60. The van der Waals surface area contributed by atoms with Crippen molar-refractivity contribution in [3.8, 4) is 0 Å². The van der Waals surface area contributed by atoms with Crippen molar-refractivity contribution in [2.75, 3.05) is 23.4 Å². The van der Waals surface area contributed by atoms with Gasteiger partial charge in [0.15, 0.2) is 0 Å². The van der Waals surface area contributed by atoms with E-state index in [1.54, 1.807) is 0 Å². The first-order valence-electron chi connectivity index (χ1n) is 7.66. The molecular weight excluding hydrogens is 250 g/mol. The van der Waals surface area contributed by atoms with Gasteiger partial charge in [-0.25, -0.2) is 15.8 Å². The van der Waals surface area contributed by atoms with Crippen LogP contribution in [0.15, 0.2) is 0 Å². The largest absolute Gasteiger partial charge is 0.356 e. The third-order valence-corrected chi connectivity index (χ3v) is 4.07. The van der Waals surface area contributed by atoms with Crippen molar-refractivity contribution in [1.29, 1.82) is 0 Å². The zero-order chi connectivity index (χ0) is 14.7. The molecule has 1 aromatic rings. The summed E-state index contributed by atoms with van der Waals surface area (Å²) in [6.45, 7) is 10.7. The van der Waals surface area contributed by atoms with Gasteiger partial charge >= 0.3 is 0 Å². The molecule has 20 heavy (non-hydrogen) atoms. The van der Waals surface area contributed by atoms with E-state index in [4.69, 9.17) is 10.8 Å². The summed E-state index contributed by atoms with van der Waals surface area (Å²) < 4.78 is 0. The maximum atomic E-state index is 5.60. The third-order valence-electron chi connectivity index (χ3n) is 4.07. The summed E-state index contributed by atoms with van der Waals surface area (Å²) in [5.74, 6) is 9.36. The normalized spacial score (nSPS) is 18.9. The van der Waals surface area contributed by atoms with Crippen LogP contribution in [-0.2, 0) is 0 Å². The number of nitrogens with one attached hydrogen (secondary N) is 1. The molecule has 1 aliphatic heterocycles. The zero-order valence-corrected chi connectivity index (χ0v) is 13.1. The standard InChI is InChI=1S/C15H27N5/c1-5-6-12-7-8-20(9-12)15-11(4)14(19-16)17-13(18-15)10(2)3/h10,12H,5-9,16H2,1-4H3,(H,17,18,19). The van der Waals surface area contributed by atoms with Crippen molar-refractivity contribution >= 4 is 11.6 Å². The number of hydrogen-bond acceptors (Lipinski definition) is 5. The number of hydrazine groups is 1. The highest BCUT2D eigenvalue weighted by atomic mass is 15.3. The van der Waals surface area contributed by atoms with Crippen molar-refractivity contribution in [3.05, 3.63) is 11.4 Å². The molecule has 0 aromatic carbocycles. The summed E-state index contributed by atoms with van der Waals surface area (Å²) in [4.78, 5) is 11.7. The van der Waals surface area contributed by atoms with E-state index in [1.807, 2.05) is 6.92 Å². The lowest BCUT2D eigenvalue weighted by Gasteiger charge is -2.22. The lowest BCUT2D eigenvalue weighted by molar-refractivity contribution is 0.529. The average Bonchev–Trinajstić information content (AvgIpc) is 2.87. The van der Waals surface area contributed by atoms with Crippen LogP contribution in [0.3, 0.4) is 0 Å². The summed E-state index contributed by atoms with van der Waals surface area (Å²) in [7, 11) is 0. The van der Waals surface area contributed by atoms with Crippen LogP contribution in [0, 0.1) is 12.8 Å². The van der Waals surface area contributed by atoms with Gasteiger partial charge in [0.2, 0.25) is 0 Å². The minimum absolute atomic E-state index is 0.301. The Morgan fingerprint density at radius 3 is 2.75 bits per heavy atom. The molecule has 1 atom stereocenters. The van der Waals surface area contributed by atoms with Gasteiger partial charge in [0.1, 0.15) is 17.5 Å². The fourth-order valence-electron chi connectivity index (χ4n) is 2.90. The van der Waals surface area contributed by atoms with Gasteiger partial charge in [-0.1, -0.05) is 27.2 Å². The van der Waals surface area contributed by atoms with E-state index in [0.29, 0.717) is 5.92 Å². The highest BCUT2D eigenvalue weighted by molar-refractivity contribution is 5.58. The Kier molecular flexibility index (Phi) is 4.81. The quantitative estimate of drug-likeness (QED) is 0.640. The average molecular weight is 277 g/mol. The molecule has 0 aliphatic carbocycles. The van der Waals surface area contributed by atoms with Gasteiger partial charge < -0.3 is 10.3 Å². The molecular formula is C15H27N5. The van der Waals surface area contributed by atoms with Crippen molar-refractivity contribution in [3.63, 3.8) is 0 Å². The first kappa shape index (κ1) is 15.0. The summed E-state index contributed by atoms with van der Waals surface area (Å²) in [6, 6.07) is 0. The van der Waals surface area contributed by atoms with E-state index in [9.17, 15) is 0 Å². The van der Waals surface area contributed by atoms with Crippen LogP contribution < -0.4 is 16.2 Å². The minimum atomic E-state index is 0.301. The van der Waals surface area contributed by atoms with Crippen LogP contribution in [0.5, 0.6) is 0 Å². The molecule has 0 bridgehead atoms. The minimum Gasteiger partial charge on any atom is -0.356 e. The van der Waals surface area contributed by atoms with Gasteiger partial charge in [0.05, 0.1) is 0 Å². The topological polar surface area (TPSA) is 67.1 Å². The number of hydrogen-bond donors (Lipinski definition) is 2. The van der Waals surface area contributed by atoms with Crippen molar-refractivity contribution in [2.24, 2.45) is 11.8 Å². The second-order valence-electron chi connectivity index (χ2n) is 6.07. The Bertz CT molecular complexity index is 458. The van der Waals surface area contributed by atoms with Crippen molar-refractivity contribution in [1.82, 2.24) is 9.97 Å². The Balaban J connectivity index is 2.29. The van der Waals surface area contributed by atoms with E-state index in [-0.39, 0.29) is 0 Å². The molecule has 0 radical (unpaired) electrons. The fraction of sp³-hybridized carbons (Fsp3) is 0.733. The number of anilines is 2. The smallest absolute Gasteiger partial charge is 0.148 e. The summed E-state index contributed by atoms with van der Waals surface area (Å²) in [5, 5.41) is 0. The lowest BCUT2D eigenvalue weighted by Crippen LogP contribution is -2.24. The highest BCUT2D eigenvalue weighted by Crippen LogP contribution is 2.30. The van der Waals surface area contributed by atoms with Gasteiger partial charge in [0.25, 0.3) is 0 Å². The molecule has 1 aliphatic rings. The molecule has 2 heterocycles. The van der Waals surface area contributed by atoms with Crippen molar-refractivity contribution < 1.29 is 0 Å². The molecule has 112 valence electrons. The predicted octanol–water partition coefficient (Wildman–Crippen LogP) is 2.82. The van der Waals surface area contributed by atoms with E-state index >= 15 is 0 Å². The molecule has 5 heteroatoms. The Labute approximate surface area is 121 Å². The molecule has 0 spiro atoms. The van der Waals surface area contributed by atoms with Gasteiger partial charge in [-0.3, -0.25) is 0 Å². The molecule has 1 unspecified atom stereocenters. The number of aromatic nitrogens is 2. The Hall–Kier alpha value is -1.36. The molecule has 0 amide bonds. The van der Waals surface area contributed by atoms with Crippen LogP contribution in [0.4, 0.5) is 11.6 Å². The van der Waals surface area contributed by atoms with Crippen LogP contribution in [0.25, 0.3) is 0 Å². The zero-order valence-electron chi connectivity index (χ0n) is 13.1. The molecule has 2 rings (SSSR count). The number of nitrogen functional groups attached to an aromatic ring is 1. The molecule has 5 nitrogen and oxygen atoms in total. The van der Waals surface area contributed by atoms with Crippen LogP contribution in [0.2, 0.25) is 0 Å². The number of nitrogens with zero attached hydrogens (tertiary/aromatic N) is 3. The van der Waals surface area contributed by atoms with E-state index < -0.39 is 0 Å². The lowest BCUT2D eigenvalue weighted by atomic mass is 10.0. The Morgan fingerprint density at radius 1 is 1.40 bits per heavy atom. The molecule has 3 N–H and O–H groups in total. The van der Waals surface area contributed by atoms with Gasteiger partial charge in [-0.15, -0.1) is 0 Å². The van der Waals surface area contributed by atoms with Crippen molar-refractivity contribution in [2.45, 2.75) is 52.9 Å². The maximum Gasteiger partial charge on any atom is 0.148 e. The SMILES string of the molecule is CCCC1CCN(c2nc(C(C)C)nc(NN)c2C)C1. The van der Waals surface area contributed by atoms with Crippen LogP contribution >= 0.6 is 0 Å². The number of rotatable bonds is 5. The van der Waals surface area contributed by atoms with E-state index in [1.165, 1.54) is 19.3 Å². The molecule has 1 aromatic heterocycles. The fourth-order valence-corrected chi connectivity index (χ4v) is 2.90. The van der Waals surface area contributed by atoms with Gasteiger partial charge in [-0.05, 0) is 25.7 Å². The van der Waals surface area contributed by atoms with Gasteiger partial charge in [-0.2, -0.15) is 0 Å². The summed E-state index contributed by atoms with van der Waals surface area (Å²) in [6.07, 6.45) is 3.83. The second kappa shape index (κ2) is 6.39. The third kappa shape index (κ3) is 3.03. The van der Waals surface area contributed by atoms with Gasteiger partial charge in [0, 0.05) is 24.6 Å². The van der Waals surface area contributed by atoms with E-state index in [0.717, 1.165) is 42.0 Å². The number of nitrogens with two attached hydrogens (primary N) is 1. The summed E-state index contributed by atoms with van der Waals surface area (Å²) >= 11 is 0. The molecule has 0 saturated carbocycles. The molecule has 1 saturated heterocycles. The first-order valence-corrected chi connectivity index (χ1v) is 7.66. The monoisotopic (exact) mass is 277 g/mol. The predicted molar refractivity (Wildman–Crippen MR) is 83.9 cm³/mol. The van der Waals surface area contributed by atoms with Crippen LogP contribution in [-0.4, -0.2) is 23.1 Å². The van der Waals surface area contributed by atoms with Crippen LogP contribution in [0.1, 0.15) is 57.3 Å². The highest BCUT2D eigenvalue weighted by Gasteiger charge is 2.25. The first-order chi connectivity index (χ1) is 9.56.